The van der Waals surface area contributed by atoms with Gasteiger partial charge in [0.1, 0.15) is 5.78 Å². The van der Waals surface area contributed by atoms with Gasteiger partial charge in [-0.05, 0) is 45.1 Å². The maximum atomic E-state index is 11.9. The minimum Gasteiger partial charge on any atom is -0.299 e. The molecule has 0 amide bonds. The van der Waals surface area contributed by atoms with Crippen LogP contribution in [-0.2, 0) is 17.6 Å². The van der Waals surface area contributed by atoms with Gasteiger partial charge in [0, 0.05) is 26.7 Å². The number of benzene rings is 1. The van der Waals surface area contributed by atoms with Crippen molar-refractivity contribution in [3.8, 4) is 0 Å². The molecule has 17 heavy (non-hydrogen) atoms. The fraction of sp³-hybridized carbons (Fsp3) is 0.154. The number of rotatable bonds is 4. The first-order chi connectivity index (χ1) is 8.15. The van der Waals surface area contributed by atoms with E-state index >= 15 is 0 Å². The molecule has 0 saturated heterocycles. The predicted octanol–water partition coefficient (Wildman–Crippen LogP) is 4.63. The molecule has 0 aliphatic rings. The molecule has 88 valence electrons. The molecule has 0 N–H and O–H groups in total. The smallest absolute Gasteiger partial charge is 0.142 e. The van der Waals surface area contributed by atoms with E-state index in [2.05, 4.69) is 31.9 Å². The third-order valence-electron chi connectivity index (χ3n) is 2.34. The topological polar surface area (TPSA) is 17.1 Å². The first-order valence-corrected chi connectivity index (χ1v) is 7.60. The highest BCUT2D eigenvalue weighted by molar-refractivity contribution is 9.10. The second kappa shape index (κ2) is 5.94. The van der Waals surface area contributed by atoms with Gasteiger partial charge < -0.3 is 0 Å². The van der Waals surface area contributed by atoms with Crippen LogP contribution in [0.25, 0.3) is 0 Å². The molecule has 0 aliphatic carbocycles. The van der Waals surface area contributed by atoms with Gasteiger partial charge in [0.2, 0.25) is 0 Å². The van der Waals surface area contributed by atoms with Gasteiger partial charge >= 0.3 is 0 Å². The predicted molar refractivity (Wildman–Crippen MR) is 78.6 cm³/mol. The summed E-state index contributed by atoms with van der Waals surface area (Å²) in [7, 11) is 0. The number of halogens is 2. The molecule has 0 fully saturated rings. The van der Waals surface area contributed by atoms with Crippen LogP contribution in [0.5, 0.6) is 0 Å². The van der Waals surface area contributed by atoms with Gasteiger partial charge in [-0.15, -0.1) is 11.3 Å². The average Bonchev–Trinajstić information content (AvgIpc) is 2.64. The van der Waals surface area contributed by atoms with Gasteiger partial charge in [-0.25, -0.2) is 0 Å². The zero-order chi connectivity index (χ0) is 12.3. The van der Waals surface area contributed by atoms with Crippen LogP contribution in [0.1, 0.15) is 10.4 Å². The Morgan fingerprint density at radius 1 is 1.18 bits per heavy atom. The lowest BCUT2D eigenvalue weighted by Crippen LogP contribution is -2.05. The molecule has 0 saturated carbocycles. The minimum absolute atomic E-state index is 0.242. The van der Waals surface area contributed by atoms with E-state index in [1.54, 1.807) is 11.3 Å². The van der Waals surface area contributed by atoms with E-state index in [-0.39, 0.29) is 5.78 Å². The third-order valence-corrected chi connectivity index (χ3v) is 4.76. The van der Waals surface area contributed by atoms with Crippen molar-refractivity contribution in [3.63, 3.8) is 0 Å². The zero-order valence-electron chi connectivity index (χ0n) is 8.95. The highest BCUT2D eigenvalue weighted by Crippen LogP contribution is 2.23. The zero-order valence-corrected chi connectivity index (χ0v) is 12.9. The molecular formula is C13H10Br2OS. The van der Waals surface area contributed by atoms with Crippen molar-refractivity contribution in [2.45, 2.75) is 12.8 Å². The van der Waals surface area contributed by atoms with Crippen LogP contribution in [0.2, 0.25) is 0 Å². The van der Waals surface area contributed by atoms with Crippen molar-refractivity contribution in [2.75, 3.05) is 0 Å². The monoisotopic (exact) mass is 372 g/mol. The summed E-state index contributed by atoms with van der Waals surface area (Å²) in [4.78, 5) is 13.0. The van der Waals surface area contributed by atoms with E-state index < -0.39 is 0 Å². The molecule has 0 aliphatic heterocycles. The van der Waals surface area contributed by atoms with E-state index in [1.807, 2.05) is 35.7 Å². The quantitative estimate of drug-likeness (QED) is 0.763. The molecule has 0 unspecified atom stereocenters. The largest absolute Gasteiger partial charge is 0.299 e. The molecule has 1 aromatic carbocycles. The molecule has 2 aromatic rings. The summed E-state index contributed by atoms with van der Waals surface area (Å²) in [6.07, 6.45) is 0.995. The third kappa shape index (κ3) is 3.76. The van der Waals surface area contributed by atoms with Gasteiger partial charge in [0.15, 0.2) is 0 Å². The fourth-order valence-electron chi connectivity index (χ4n) is 1.57. The molecule has 1 heterocycles. The van der Waals surface area contributed by atoms with Gasteiger partial charge in [0.05, 0.1) is 0 Å². The number of carbonyl (C=O) groups is 1. The molecule has 1 aromatic heterocycles. The van der Waals surface area contributed by atoms with E-state index in [9.17, 15) is 4.79 Å². The molecule has 2 rings (SSSR count). The Morgan fingerprint density at radius 2 is 2.00 bits per heavy atom. The number of ketones is 1. The highest BCUT2D eigenvalue weighted by atomic mass is 79.9. The lowest BCUT2D eigenvalue weighted by Gasteiger charge is -2.01. The van der Waals surface area contributed by atoms with Crippen molar-refractivity contribution < 1.29 is 4.79 Å². The molecule has 1 nitrogen and oxygen atoms in total. The lowest BCUT2D eigenvalue weighted by atomic mass is 10.1. The molecule has 0 atom stereocenters. The number of Topliss-reactive ketones (excluding diaryl/α,β-unsaturated/α-hetero) is 1. The van der Waals surface area contributed by atoms with Crippen LogP contribution in [0.15, 0.2) is 44.7 Å². The normalized spacial score (nSPS) is 10.5. The Morgan fingerprint density at radius 3 is 2.65 bits per heavy atom. The Bertz CT molecular complexity index is 534. The van der Waals surface area contributed by atoms with Crippen molar-refractivity contribution in [3.05, 3.63) is 55.1 Å². The van der Waals surface area contributed by atoms with Crippen molar-refractivity contribution >= 4 is 49.0 Å². The van der Waals surface area contributed by atoms with Gasteiger partial charge in [0.25, 0.3) is 0 Å². The first-order valence-electron chi connectivity index (χ1n) is 5.13. The Kier molecular flexibility index (Phi) is 4.54. The lowest BCUT2D eigenvalue weighted by molar-refractivity contribution is -0.117. The molecular weight excluding hydrogens is 364 g/mol. The maximum absolute atomic E-state index is 11.9. The number of carbonyl (C=O) groups excluding carboxylic acids is 1. The standard InChI is InChI=1S/C13H10Br2OS/c14-10-3-1-2-9(6-10)7-11(16)8-13-12(15)4-5-17-13/h1-6H,7-8H2. The van der Waals surface area contributed by atoms with Crippen LogP contribution in [0.3, 0.4) is 0 Å². The maximum Gasteiger partial charge on any atom is 0.142 e. The van der Waals surface area contributed by atoms with Crippen molar-refractivity contribution in [1.82, 2.24) is 0 Å². The van der Waals surface area contributed by atoms with Gasteiger partial charge in [-0.1, -0.05) is 28.1 Å². The number of hydrogen-bond donors (Lipinski definition) is 0. The Balaban J connectivity index is 2.01. The Labute approximate surface area is 121 Å². The van der Waals surface area contributed by atoms with E-state index in [0.717, 1.165) is 19.4 Å². The summed E-state index contributed by atoms with van der Waals surface area (Å²) in [5.74, 6) is 0.242. The summed E-state index contributed by atoms with van der Waals surface area (Å²) >= 11 is 8.46. The number of thiophene rings is 1. The van der Waals surface area contributed by atoms with Crippen LogP contribution in [0, 0.1) is 0 Å². The minimum atomic E-state index is 0.242. The Hall–Kier alpha value is -0.450. The summed E-state index contributed by atoms with van der Waals surface area (Å²) < 4.78 is 2.05. The summed E-state index contributed by atoms with van der Waals surface area (Å²) in [5.41, 5.74) is 1.05. The summed E-state index contributed by atoms with van der Waals surface area (Å²) in [5, 5.41) is 1.99. The van der Waals surface area contributed by atoms with Crippen molar-refractivity contribution in [2.24, 2.45) is 0 Å². The van der Waals surface area contributed by atoms with Crippen LogP contribution in [0.4, 0.5) is 0 Å². The van der Waals surface area contributed by atoms with E-state index in [0.29, 0.717) is 12.8 Å². The van der Waals surface area contributed by atoms with Crippen LogP contribution >= 0.6 is 43.2 Å². The first kappa shape index (κ1) is 13.0. The summed E-state index contributed by atoms with van der Waals surface area (Å²) in [6, 6.07) is 9.86. The SMILES string of the molecule is O=C(Cc1cccc(Br)c1)Cc1sccc1Br. The highest BCUT2D eigenvalue weighted by Gasteiger charge is 2.09. The second-order valence-electron chi connectivity index (χ2n) is 3.71. The average molecular weight is 374 g/mol. The molecule has 0 bridgehead atoms. The molecule has 4 heteroatoms. The van der Waals surface area contributed by atoms with Gasteiger partial charge in [-0.2, -0.15) is 0 Å². The van der Waals surface area contributed by atoms with Gasteiger partial charge in [-0.3, -0.25) is 4.79 Å². The molecule has 0 radical (unpaired) electrons. The molecule has 0 spiro atoms. The van der Waals surface area contributed by atoms with Crippen LogP contribution < -0.4 is 0 Å². The van der Waals surface area contributed by atoms with E-state index in [1.165, 1.54) is 0 Å². The number of hydrogen-bond acceptors (Lipinski definition) is 2. The van der Waals surface area contributed by atoms with Crippen LogP contribution in [-0.4, -0.2) is 5.78 Å². The van der Waals surface area contributed by atoms with E-state index in [4.69, 9.17) is 0 Å². The van der Waals surface area contributed by atoms with Crippen molar-refractivity contribution in [1.29, 1.82) is 0 Å². The second-order valence-corrected chi connectivity index (χ2v) is 6.48. The fourth-order valence-corrected chi connectivity index (χ4v) is 3.54. The summed E-state index contributed by atoms with van der Waals surface area (Å²) in [6.45, 7) is 0.